The average molecular weight is 339 g/mol. The number of nitrogens with zero attached hydrogens (tertiary/aromatic N) is 2. The van der Waals surface area contributed by atoms with Crippen LogP contribution in [-0.2, 0) is 28.9 Å². The predicted molar refractivity (Wildman–Crippen MR) is 84.3 cm³/mol. The minimum atomic E-state index is -3.68. The Balaban J connectivity index is 2.13. The second kappa shape index (κ2) is 7.39. The topological polar surface area (TPSA) is 65.4 Å². The first-order chi connectivity index (χ1) is 11.4. The number of aromatic nitrogens is 2. The number of aryl methyl sites for hydroxylation is 1. The second-order valence-corrected chi connectivity index (χ2v) is 5.14. The van der Waals surface area contributed by atoms with Crippen molar-refractivity contribution in [3.05, 3.63) is 41.6 Å². The number of methoxy groups -OCH3 is 2. The van der Waals surface area contributed by atoms with Crippen LogP contribution in [0.2, 0.25) is 0 Å². The first-order valence-electron chi connectivity index (χ1n) is 7.24. The van der Waals surface area contributed by atoms with Gasteiger partial charge in [-0.3, -0.25) is 9.48 Å². The summed E-state index contributed by atoms with van der Waals surface area (Å²) in [7, 11) is 4.56. The van der Waals surface area contributed by atoms with E-state index >= 15 is 0 Å². The Labute approximate surface area is 138 Å². The van der Waals surface area contributed by atoms with E-state index in [1.54, 1.807) is 20.2 Å². The van der Waals surface area contributed by atoms with Crippen LogP contribution in [-0.4, -0.2) is 36.5 Å². The van der Waals surface area contributed by atoms with Gasteiger partial charge in [0.15, 0.2) is 0 Å². The molecule has 1 N–H and O–H groups in total. The molecule has 1 amide bonds. The Morgan fingerprint density at radius 2 is 1.96 bits per heavy atom. The molecule has 8 heteroatoms. The lowest BCUT2D eigenvalue weighted by atomic mass is 10.1. The third-order valence-electron chi connectivity index (χ3n) is 3.47. The molecule has 0 aliphatic carbocycles. The number of alkyl halides is 2. The fourth-order valence-corrected chi connectivity index (χ4v) is 2.10. The number of rotatable bonds is 7. The Bertz CT molecular complexity index is 699. The molecular formula is C16H19F2N3O3. The summed E-state index contributed by atoms with van der Waals surface area (Å²) in [5.74, 6) is -4.47. The minimum absolute atomic E-state index is 0.194. The molecule has 0 saturated heterocycles. The van der Waals surface area contributed by atoms with Gasteiger partial charge in [-0.1, -0.05) is 0 Å². The highest BCUT2D eigenvalue weighted by Gasteiger charge is 2.41. The maximum atomic E-state index is 14.3. The normalized spacial score (nSPS) is 11.4. The van der Waals surface area contributed by atoms with Gasteiger partial charge in [-0.15, -0.1) is 0 Å². The Morgan fingerprint density at radius 3 is 2.54 bits per heavy atom. The summed E-state index contributed by atoms with van der Waals surface area (Å²) in [6, 6.07) is 6.62. The highest BCUT2D eigenvalue weighted by Crippen LogP contribution is 2.30. The summed E-state index contributed by atoms with van der Waals surface area (Å²) in [6.07, 6.45) is 0.523. The van der Waals surface area contributed by atoms with Crippen LogP contribution in [0.15, 0.2) is 30.3 Å². The molecule has 0 fully saturated rings. The van der Waals surface area contributed by atoms with Crippen molar-refractivity contribution < 1.29 is 23.0 Å². The van der Waals surface area contributed by atoms with E-state index in [-0.39, 0.29) is 5.82 Å². The molecule has 0 aliphatic rings. The van der Waals surface area contributed by atoms with Crippen molar-refractivity contribution in [3.8, 4) is 5.75 Å². The van der Waals surface area contributed by atoms with Crippen LogP contribution >= 0.6 is 0 Å². The van der Waals surface area contributed by atoms with Gasteiger partial charge in [0, 0.05) is 32.2 Å². The SMILES string of the molecule is COCCc1cc(NC(=O)C(F)(F)c2ccc(OC)cc2)n(C)n1. The molecule has 0 aliphatic heterocycles. The summed E-state index contributed by atoms with van der Waals surface area (Å²) in [6.45, 7) is 0.451. The number of benzene rings is 1. The molecule has 24 heavy (non-hydrogen) atoms. The number of carbonyl (C=O) groups excluding carboxylic acids is 1. The number of amides is 1. The van der Waals surface area contributed by atoms with Gasteiger partial charge < -0.3 is 14.8 Å². The molecular weight excluding hydrogens is 320 g/mol. The molecule has 0 atom stereocenters. The molecule has 0 saturated carbocycles. The largest absolute Gasteiger partial charge is 0.497 e. The molecule has 2 aromatic rings. The number of hydrogen-bond acceptors (Lipinski definition) is 4. The fourth-order valence-electron chi connectivity index (χ4n) is 2.10. The van der Waals surface area contributed by atoms with Gasteiger partial charge in [0.05, 0.1) is 19.4 Å². The van der Waals surface area contributed by atoms with E-state index in [9.17, 15) is 13.6 Å². The van der Waals surface area contributed by atoms with Crippen LogP contribution in [0.4, 0.5) is 14.6 Å². The quantitative estimate of drug-likeness (QED) is 0.841. The first kappa shape index (κ1) is 17.9. The molecule has 1 aromatic heterocycles. The lowest BCUT2D eigenvalue weighted by Gasteiger charge is -2.16. The lowest BCUT2D eigenvalue weighted by molar-refractivity contribution is -0.141. The van der Waals surface area contributed by atoms with Gasteiger partial charge in [-0.25, -0.2) is 0 Å². The van der Waals surface area contributed by atoms with E-state index in [1.807, 2.05) is 0 Å². The van der Waals surface area contributed by atoms with Crippen molar-refractivity contribution in [1.82, 2.24) is 9.78 Å². The van der Waals surface area contributed by atoms with Crippen molar-refractivity contribution >= 4 is 11.7 Å². The van der Waals surface area contributed by atoms with Gasteiger partial charge in [0.25, 0.3) is 0 Å². The van der Waals surface area contributed by atoms with E-state index in [1.165, 1.54) is 23.9 Å². The van der Waals surface area contributed by atoms with Crippen LogP contribution in [0.3, 0.4) is 0 Å². The van der Waals surface area contributed by atoms with Crippen LogP contribution in [0.25, 0.3) is 0 Å². The third kappa shape index (κ3) is 3.88. The minimum Gasteiger partial charge on any atom is -0.497 e. The van der Waals surface area contributed by atoms with Crippen molar-refractivity contribution in [1.29, 1.82) is 0 Å². The van der Waals surface area contributed by atoms with E-state index in [0.29, 0.717) is 24.5 Å². The molecule has 1 heterocycles. The van der Waals surface area contributed by atoms with Crippen molar-refractivity contribution in [2.75, 3.05) is 26.1 Å². The summed E-state index contributed by atoms with van der Waals surface area (Å²) >= 11 is 0. The number of anilines is 1. The molecule has 130 valence electrons. The van der Waals surface area contributed by atoms with Gasteiger partial charge in [-0.2, -0.15) is 13.9 Å². The predicted octanol–water partition coefficient (Wildman–Crippen LogP) is 2.35. The monoisotopic (exact) mass is 339 g/mol. The zero-order chi connectivity index (χ0) is 17.7. The molecule has 1 aromatic carbocycles. The van der Waals surface area contributed by atoms with Crippen LogP contribution in [0.1, 0.15) is 11.3 Å². The molecule has 2 rings (SSSR count). The summed E-state index contributed by atoms with van der Waals surface area (Å²) in [5.41, 5.74) is 0.227. The van der Waals surface area contributed by atoms with E-state index in [2.05, 4.69) is 10.4 Å². The number of carbonyl (C=O) groups is 1. The number of hydrogen-bond donors (Lipinski definition) is 1. The lowest BCUT2D eigenvalue weighted by Crippen LogP contribution is -2.32. The van der Waals surface area contributed by atoms with Crippen LogP contribution < -0.4 is 10.1 Å². The maximum absolute atomic E-state index is 14.3. The zero-order valence-electron chi connectivity index (χ0n) is 13.7. The van der Waals surface area contributed by atoms with E-state index < -0.39 is 17.4 Å². The standard InChI is InChI=1S/C16H19F2N3O3/c1-21-14(10-12(20-21)8-9-23-2)19-15(22)16(17,18)11-4-6-13(24-3)7-5-11/h4-7,10H,8-9H2,1-3H3,(H,19,22). The Hall–Kier alpha value is -2.48. The molecule has 0 bridgehead atoms. The summed E-state index contributed by atoms with van der Waals surface area (Å²) in [5, 5.41) is 6.35. The second-order valence-electron chi connectivity index (χ2n) is 5.14. The summed E-state index contributed by atoms with van der Waals surface area (Å²) < 4.78 is 39.8. The smallest absolute Gasteiger partial charge is 0.350 e. The fraction of sp³-hybridized carbons (Fsp3) is 0.375. The Morgan fingerprint density at radius 1 is 1.29 bits per heavy atom. The number of ether oxygens (including phenoxy) is 2. The van der Waals surface area contributed by atoms with Crippen molar-refractivity contribution in [2.24, 2.45) is 7.05 Å². The van der Waals surface area contributed by atoms with Gasteiger partial charge >= 0.3 is 11.8 Å². The molecule has 0 radical (unpaired) electrons. The van der Waals surface area contributed by atoms with Gasteiger partial charge in [-0.05, 0) is 24.3 Å². The third-order valence-corrected chi connectivity index (χ3v) is 3.47. The van der Waals surface area contributed by atoms with Gasteiger partial charge in [0.1, 0.15) is 11.6 Å². The van der Waals surface area contributed by atoms with Crippen molar-refractivity contribution in [3.63, 3.8) is 0 Å². The van der Waals surface area contributed by atoms with Crippen LogP contribution in [0, 0.1) is 0 Å². The highest BCUT2D eigenvalue weighted by molar-refractivity contribution is 5.96. The van der Waals surface area contributed by atoms with Gasteiger partial charge in [0.2, 0.25) is 0 Å². The molecule has 6 nitrogen and oxygen atoms in total. The molecule has 0 spiro atoms. The van der Waals surface area contributed by atoms with E-state index in [0.717, 1.165) is 12.1 Å². The first-order valence-corrected chi connectivity index (χ1v) is 7.24. The number of nitrogens with one attached hydrogen (secondary N) is 1. The van der Waals surface area contributed by atoms with Crippen LogP contribution in [0.5, 0.6) is 5.75 Å². The highest BCUT2D eigenvalue weighted by atomic mass is 19.3. The Kier molecular flexibility index (Phi) is 5.50. The average Bonchev–Trinajstić information content (AvgIpc) is 2.92. The molecule has 0 unspecified atom stereocenters. The number of halogens is 2. The summed E-state index contributed by atoms with van der Waals surface area (Å²) in [4.78, 5) is 12.0. The maximum Gasteiger partial charge on any atom is 0.350 e. The van der Waals surface area contributed by atoms with E-state index in [4.69, 9.17) is 9.47 Å². The zero-order valence-corrected chi connectivity index (χ0v) is 13.7. The van der Waals surface area contributed by atoms with Crippen molar-refractivity contribution in [2.45, 2.75) is 12.3 Å².